The van der Waals surface area contributed by atoms with Crippen LogP contribution in [0.5, 0.6) is 0 Å². The number of nitrogens with one attached hydrogen (secondary N) is 1. The first kappa shape index (κ1) is 14.7. The number of hydrogen-bond donors (Lipinski definition) is 1. The SMILES string of the molecule is O=C(NCc1cc(F)cc(F)c1)c1cc2cc(Br)ccc2o1. The third-order valence-corrected chi connectivity index (χ3v) is 3.57. The number of amides is 1. The maximum absolute atomic E-state index is 13.1. The number of carbonyl (C=O) groups excluding carboxylic acids is 1. The van der Waals surface area contributed by atoms with Gasteiger partial charge < -0.3 is 9.73 Å². The lowest BCUT2D eigenvalue weighted by Crippen LogP contribution is -2.22. The summed E-state index contributed by atoms with van der Waals surface area (Å²) in [5.74, 6) is -1.67. The van der Waals surface area contributed by atoms with Gasteiger partial charge in [-0.05, 0) is 42.0 Å². The summed E-state index contributed by atoms with van der Waals surface area (Å²) >= 11 is 3.34. The predicted molar refractivity (Wildman–Crippen MR) is 81.4 cm³/mol. The number of benzene rings is 2. The van der Waals surface area contributed by atoms with E-state index < -0.39 is 17.5 Å². The third kappa shape index (κ3) is 3.17. The molecule has 22 heavy (non-hydrogen) atoms. The monoisotopic (exact) mass is 365 g/mol. The Bertz CT molecular complexity index is 840. The van der Waals surface area contributed by atoms with Gasteiger partial charge in [-0.25, -0.2) is 8.78 Å². The van der Waals surface area contributed by atoms with E-state index in [1.165, 1.54) is 12.1 Å². The Balaban J connectivity index is 1.75. The van der Waals surface area contributed by atoms with Gasteiger partial charge in [0.1, 0.15) is 17.2 Å². The van der Waals surface area contributed by atoms with Crippen LogP contribution >= 0.6 is 15.9 Å². The third-order valence-electron chi connectivity index (χ3n) is 3.08. The number of halogens is 3. The molecule has 1 aromatic heterocycles. The highest BCUT2D eigenvalue weighted by Gasteiger charge is 2.12. The molecular formula is C16H10BrF2NO2. The second kappa shape index (κ2) is 5.88. The van der Waals surface area contributed by atoms with Crippen LogP contribution in [-0.4, -0.2) is 5.91 Å². The molecule has 0 unspecified atom stereocenters. The van der Waals surface area contributed by atoms with Crippen LogP contribution < -0.4 is 5.32 Å². The summed E-state index contributed by atoms with van der Waals surface area (Å²) in [6.45, 7) is 0.00819. The van der Waals surface area contributed by atoms with Crippen molar-refractivity contribution in [2.24, 2.45) is 0 Å². The number of rotatable bonds is 3. The van der Waals surface area contributed by atoms with Crippen LogP contribution in [0.25, 0.3) is 11.0 Å². The molecule has 2 aromatic carbocycles. The van der Waals surface area contributed by atoms with Gasteiger partial charge in [0.05, 0.1) is 0 Å². The maximum atomic E-state index is 13.1. The Morgan fingerprint density at radius 1 is 1.09 bits per heavy atom. The molecule has 0 spiro atoms. The van der Waals surface area contributed by atoms with E-state index in [9.17, 15) is 13.6 Å². The van der Waals surface area contributed by atoms with Crippen LogP contribution in [0.1, 0.15) is 16.1 Å². The van der Waals surface area contributed by atoms with Crippen molar-refractivity contribution in [3.05, 3.63) is 69.9 Å². The molecule has 0 aliphatic heterocycles. The van der Waals surface area contributed by atoms with E-state index in [-0.39, 0.29) is 12.3 Å². The lowest BCUT2D eigenvalue weighted by molar-refractivity contribution is 0.0925. The summed E-state index contributed by atoms with van der Waals surface area (Å²) in [6, 6.07) is 10.1. The summed E-state index contributed by atoms with van der Waals surface area (Å²) in [5, 5.41) is 3.36. The van der Waals surface area contributed by atoms with Gasteiger partial charge in [-0.2, -0.15) is 0 Å². The van der Waals surface area contributed by atoms with Crippen molar-refractivity contribution >= 4 is 32.8 Å². The van der Waals surface area contributed by atoms with Crippen LogP contribution in [0.2, 0.25) is 0 Å². The van der Waals surface area contributed by atoms with Crippen LogP contribution in [0.15, 0.2) is 51.4 Å². The lowest BCUT2D eigenvalue weighted by atomic mass is 10.2. The fraction of sp³-hybridized carbons (Fsp3) is 0.0625. The molecule has 0 bridgehead atoms. The maximum Gasteiger partial charge on any atom is 0.287 e. The molecule has 112 valence electrons. The highest BCUT2D eigenvalue weighted by Crippen LogP contribution is 2.23. The van der Waals surface area contributed by atoms with Crippen molar-refractivity contribution in [1.82, 2.24) is 5.32 Å². The molecule has 0 radical (unpaired) electrons. The molecule has 0 atom stereocenters. The van der Waals surface area contributed by atoms with E-state index in [2.05, 4.69) is 21.2 Å². The highest BCUT2D eigenvalue weighted by atomic mass is 79.9. The molecule has 0 aliphatic carbocycles. The molecule has 3 nitrogen and oxygen atoms in total. The largest absolute Gasteiger partial charge is 0.451 e. The van der Waals surface area contributed by atoms with E-state index in [0.717, 1.165) is 15.9 Å². The van der Waals surface area contributed by atoms with Gasteiger partial charge in [0.25, 0.3) is 5.91 Å². The second-order valence-corrected chi connectivity index (χ2v) is 5.67. The molecule has 0 saturated carbocycles. The number of furan rings is 1. The van der Waals surface area contributed by atoms with Gasteiger partial charge in [0.2, 0.25) is 0 Å². The number of hydrogen-bond acceptors (Lipinski definition) is 2. The fourth-order valence-electron chi connectivity index (χ4n) is 2.11. The molecule has 1 N–H and O–H groups in total. The summed E-state index contributed by atoms with van der Waals surface area (Å²) in [7, 11) is 0. The average molecular weight is 366 g/mol. The van der Waals surface area contributed by atoms with Crippen molar-refractivity contribution in [2.45, 2.75) is 6.54 Å². The Morgan fingerprint density at radius 2 is 1.82 bits per heavy atom. The van der Waals surface area contributed by atoms with E-state index in [1.54, 1.807) is 12.1 Å². The molecule has 0 aliphatic rings. The molecule has 1 heterocycles. The summed E-state index contributed by atoms with van der Waals surface area (Å²) in [5.41, 5.74) is 0.926. The zero-order valence-corrected chi connectivity index (χ0v) is 12.8. The Kier molecular flexibility index (Phi) is 3.94. The van der Waals surface area contributed by atoms with E-state index in [4.69, 9.17) is 4.42 Å². The van der Waals surface area contributed by atoms with E-state index in [1.807, 2.05) is 12.1 Å². The minimum Gasteiger partial charge on any atom is -0.451 e. The molecule has 6 heteroatoms. The Labute approximate surface area is 133 Å². The molecule has 1 amide bonds. The first-order valence-corrected chi connectivity index (χ1v) is 7.23. The molecule has 3 aromatic rings. The van der Waals surface area contributed by atoms with Gasteiger partial charge in [-0.1, -0.05) is 15.9 Å². The van der Waals surface area contributed by atoms with Gasteiger partial charge in [0, 0.05) is 22.5 Å². The smallest absolute Gasteiger partial charge is 0.287 e. The van der Waals surface area contributed by atoms with Crippen molar-refractivity contribution in [3.8, 4) is 0 Å². The van der Waals surface area contributed by atoms with Crippen LogP contribution in [0, 0.1) is 11.6 Å². The van der Waals surface area contributed by atoms with Crippen LogP contribution in [-0.2, 0) is 6.54 Å². The highest BCUT2D eigenvalue weighted by molar-refractivity contribution is 9.10. The normalized spacial score (nSPS) is 10.9. The fourth-order valence-corrected chi connectivity index (χ4v) is 2.49. The van der Waals surface area contributed by atoms with Crippen molar-refractivity contribution in [1.29, 1.82) is 0 Å². The summed E-state index contributed by atoms with van der Waals surface area (Å²) in [4.78, 5) is 12.0. The quantitative estimate of drug-likeness (QED) is 0.747. The standard InChI is InChI=1S/C16H10BrF2NO2/c17-11-1-2-14-10(5-11)6-15(22-14)16(21)20-8-9-3-12(18)7-13(19)4-9/h1-7H,8H2,(H,20,21). The van der Waals surface area contributed by atoms with Crippen molar-refractivity contribution in [3.63, 3.8) is 0 Å². The molecule has 0 fully saturated rings. The minimum absolute atomic E-state index is 0.00819. The van der Waals surface area contributed by atoms with E-state index in [0.29, 0.717) is 11.1 Å². The number of carbonyl (C=O) groups is 1. The zero-order valence-electron chi connectivity index (χ0n) is 11.2. The first-order chi connectivity index (χ1) is 10.5. The van der Waals surface area contributed by atoms with Crippen LogP contribution in [0.3, 0.4) is 0 Å². The summed E-state index contributed by atoms with van der Waals surface area (Å²) < 4.78 is 32.5. The van der Waals surface area contributed by atoms with Gasteiger partial charge in [-0.3, -0.25) is 4.79 Å². The van der Waals surface area contributed by atoms with Gasteiger partial charge in [0.15, 0.2) is 5.76 Å². The van der Waals surface area contributed by atoms with Crippen LogP contribution in [0.4, 0.5) is 8.78 Å². The topological polar surface area (TPSA) is 42.2 Å². The molecule has 0 saturated heterocycles. The Hall–Kier alpha value is -2.21. The number of fused-ring (bicyclic) bond motifs is 1. The first-order valence-electron chi connectivity index (χ1n) is 6.43. The average Bonchev–Trinajstić information content (AvgIpc) is 2.86. The molecular weight excluding hydrogens is 356 g/mol. The minimum atomic E-state index is -0.683. The predicted octanol–water partition coefficient (Wildman–Crippen LogP) is 4.40. The second-order valence-electron chi connectivity index (χ2n) is 4.75. The summed E-state index contributed by atoms with van der Waals surface area (Å²) in [6.07, 6.45) is 0. The van der Waals surface area contributed by atoms with Crippen molar-refractivity contribution in [2.75, 3.05) is 0 Å². The zero-order chi connectivity index (χ0) is 15.7. The van der Waals surface area contributed by atoms with Crippen molar-refractivity contribution < 1.29 is 18.0 Å². The van der Waals surface area contributed by atoms with E-state index >= 15 is 0 Å². The molecule has 3 rings (SSSR count). The van der Waals surface area contributed by atoms with Gasteiger partial charge >= 0.3 is 0 Å². The Morgan fingerprint density at radius 3 is 2.55 bits per heavy atom. The lowest BCUT2D eigenvalue weighted by Gasteiger charge is -2.04. The van der Waals surface area contributed by atoms with Gasteiger partial charge in [-0.15, -0.1) is 0 Å².